The van der Waals surface area contributed by atoms with Crippen LogP contribution >= 0.6 is 0 Å². The fourth-order valence-electron chi connectivity index (χ4n) is 2.52. The van der Waals surface area contributed by atoms with E-state index in [1.807, 2.05) is 0 Å². The second kappa shape index (κ2) is 9.59. The van der Waals surface area contributed by atoms with E-state index in [4.69, 9.17) is 4.74 Å². The molecule has 1 amide bonds. The van der Waals surface area contributed by atoms with E-state index >= 15 is 0 Å². The van der Waals surface area contributed by atoms with Crippen molar-refractivity contribution in [1.29, 1.82) is 0 Å². The van der Waals surface area contributed by atoms with Gasteiger partial charge in [-0.2, -0.15) is 0 Å². The van der Waals surface area contributed by atoms with Crippen molar-refractivity contribution in [3.05, 3.63) is 65.5 Å². The Morgan fingerprint density at radius 3 is 2.52 bits per heavy atom. The standard InChI is InChI=1S/C19H23FN2O4S/c1-14(13-26-2)22-27(24,25)18-8-6-16(7-9-18)19(23)21-11-10-15-4-3-5-17(20)12-15/h3-9,12,14,22H,10-11,13H2,1-2H3,(H,21,23)/t14-/m1/s1. The lowest BCUT2D eigenvalue weighted by Crippen LogP contribution is -2.35. The van der Waals surface area contributed by atoms with Gasteiger partial charge in [0.25, 0.3) is 5.91 Å². The lowest BCUT2D eigenvalue weighted by molar-refractivity contribution is 0.0954. The summed E-state index contributed by atoms with van der Waals surface area (Å²) in [5.74, 6) is -0.639. The third kappa shape index (κ3) is 6.42. The molecule has 2 aromatic rings. The predicted octanol–water partition coefficient (Wildman–Crippen LogP) is 2.11. The van der Waals surface area contributed by atoms with Gasteiger partial charge < -0.3 is 10.1 Å². The van der Waals surface area contributed by atoms with Gasteiger partial charge in [0, 0.05) is 25.3 Å². The fraction of sp³-hybridized carbons (Fsp3) is 0.316. The Hall–Kier alpha value is -2.29. The van der Waals surface area contributed by atoms with Crippen molar-refractivity contribution in [3.8, 4) is 0 Å². The van der Waals surface area contributed by atoms with Gasteiger partial charge in [0.15, 0.2) is 0 Å². The first-order valence-corrected chi connectivity index (χ1v) is 9.94. The van der Waals surface area contributed by atoms with Gasteiger partial charge >= 0.3 is 0 Å². The molecule has 0 aliphatic heterocycles. The zero-order valence-corrected chi connectivity index (χ0v) is 16.1. The highest BCUT2D eigenvalue weighted by Crippen LogP contribution is 2.11. The summed E-state index contributed by atoms with van der Waals surface area (Å²) in [6, 6.07) is 11.5. The molecule has 0 aliphatic carbocycles. The van der Waals surface area contributed by atoms with E-state index in [9.17, 15) is 17.6 Å². The van der Waals surface area contributed by atoms with E-state index in [0.717, 1.165) is 5.56 Å². The molecule has 0 aliphatic rings. The van der Waals surface area contributed by atoms with Gasteiger partial charge in [-0.15, -0.1) is 0 Å². The molecule has 8 heteroatoms. The van der Waals surface area contributed by atoms with E-state index < -0.39 is 10.0 Å². The summed E-state index contributed by atoms with van der Waals surface area (Å²) in [6.07, 6.45) is 0.497. The zero-order valence-electron chi connectivity index (χ0n) is 15.2. The summed E-state index contributed by atoms with van der Waals surface area (Å²) in [7, 11) is -2.19. The highest BCUT2D eigenvalue weighted by molar-refractivity contribution is 7.89. The van der Waals surface area contributed by atoms with Crippen LogP contribution in [0.25, 0.3) is 0 Å². The summed E-state index contributed by atoms with van der Waals surface area (Å²) in [4.78, 5) is 12.2. The molecule has 0 heterocycles. The van der Waals surface area contributed by atoms with Crippen LogP contribution in [-0.2, 0) is 21.2 Å². The molecule has 0 radical (unpaired) electrons. The molecule has 0 saturated heterocycles. The number of amides is 1. The number of ether oxygens (including phenoxy) is 1. The highest BCUT2D eigenvalue weighted by atomic mass is 32.2. The van der Waals surface area contributed by atoms with Crippen LogP contribution in [-0.4, -0.2) is 40.6 Å². The second-order valence-electron chi connectivity index (χ2n) is 6.14. The molecule has 0 unspecified atom stereocenters. The van der Waals surface area contributed by atoms with Crippen LogP contribution < -0.4 is 10.0 Å². The number of carbonyl (C=O) groups is 1. The first-order chi connectivity index (χ1) is 12.8. The lowest BCUT2D eigenvalue weighted by Gasteiger charge is -2.13. The summed E-state index contributed by atoms with van der Waals surface area (Å²) < 4.78 is 45.0. The Labute approximate surface area is 158 Å². The van der Waals surface area contributed by atoms with Crippen molar-refractivity contribution >= 4 is 15.9 Å². The van der Waals surface area contributed by atoms with Crippen molar-refractivity contribution in [3.63, 3.8) is 0 Å². The molecule has 6 nitrogen and oxygen atoms in total. The number of methoxy groups -OCH3 is 1. The molecule has 0 saturated carbocycles. The predicted molar refractivity (Wildman–Crippen MR) is 101 cm³/mol. The SMILES string of the molecule is COC[C@@H](C)NS(=O)(=O)c1ccc(C(=O)NCCc2cccc(F)c2)cc1. The fourth-order valence-corrected chi connectivity index (χ4v) is 3.75. The Morgan fingerprint density at radius 2 is 1.89 bits per heavy atom. The van der Waals surface area contributed by atoms with E-state index in [2.05, 4.69) is 10.0 Å². The van der Waals surface area contributed by atoms with Crippen LogP contribution in [0.15, 0.2) is 53.4 Å². The maximum absolute atomic E-state index is 13.1. The number of rotatable bonds is 9. The molecular weight excluding hydrogens is 371 g/mol. The average molecular weight is 394 g/mol. The van der Waals surface area contributed by atoms with E-state index in [0.29, 0.717) is 18.5 Å². The minimum Gasteiger partial charge on any atom is -0.383 e. The average Bonchev–Trinajstić information content (AvgIpc) is 2.61. The van der Waals surface area contributed by atoms with Gasteiger partial charge in [-0.1, -0.05) is 12.1 Å². The molecule has 2 rings (SSSR count). The number of hydrogen-bond acceptors (Lipinski definition) is 4. The molecule has 2 aromatic carbocycles. The van der Waals surface area contributed by atoms with E-state index in [1.54, 1.807) is 19.1 Å². The number of halogens is 1. The van der Waals surface area contributed by atoms with Gasteiger partial charge in [-0.05, 0) is 55.3 Å². The van der Waals surface area contributed by atoms with Crippen LogP contribution in [0.1, 0.15) is 22.8 Å². The summed E-state index contributed by atoms with van der Waals surface area (Å²) in [5.41, 5.74) is 1.13. The molecular formula is C19H23FN2O4S. The van der Waals surface area contributed by atoms with E-state index in [-0.39, 0.29) is 29.3 Å². The molecule has 27 heavy (non-hydrogen) atoms. The van der Waals surface area contributed by atoms with E-state index in [1.165, 1.54) is 43.5 Å². The number of carbonyl (C=O) groups excluding carboxylic acids is 1. The van der Waals surface area contributed by atoms with Gasteiger partial charge in [-0.25, -0.2) is 17.5 Å². The molecule has 0 aromatic heterocycles. The van der Waals surface area contributed by atoms with Crippen LogP contribution in [0, 0.1) is 5.82 Å². The minimum absolute atomic E-state index is 0.0711. The topological polar surface area (TPSA) is 84.5 Å². The number of benzene rings is 2. The number of nitrogens with one attached hydrogen (secondary N) is 2. The Balaban J connectivity index is 1.92. The van der Waals surface area contributed by atoms with Gasteiger partial charge in [0.1, 0.15) is 5.82 Å². The quantitative estimate of drug-likeness (QED) is 0.682. The molecule has 1 atom stereocenters. The maximum atomic E-state index is 13.1. The first-order valence-electron chi connectivity index (χ1n) is 8.46. The van der Waals surface area contributed by atoms with Crippen molar-refractivity contribution < 1.29 is 22.3 Å². The smallest absolute Gasteiger partial charge is 0.251 e. The van der Waals surface area contributed by atoms with Crippen LogP contribution in [0.4, 0.5) is 4.39 Å². The van der Waals surface area contributed by atoms with Crippen LogP contribution in [0.2, 0.25) is 0 Å². The summed E-state index contributed by atoms with van der Waals surface area (Å²) in [6.45, 7) is 2.30. The van der Waals surface area contributed by atoms with Crippen molar-refractivity contribution in [2.45, 2.75) is 24.3 Å². The first kappa shape index (κ1) is 21.0. The number of sulfonamides is 1. The third-order valence-electron chi connectivity index (χ3n) is 3.79. The van der Waals surface area contributed by atoms with Gasteiger partial charge in [0.05, 0.1) is 11.5 Å². The summed E-state index contributed by atoms with van der Waals surface area (Å²) >= 11 is 0. The zero-order chi connectivity index (χ0) is 19.9. The molecule has 2 N–H and O–H groups in total. The highest BCUT2D eigenvalue weighted by Gasteiger charge is 2.17. The van der Waals surface area contributed by atoms with Gasteiger partial charge in [-0.3, -0.25) is 4.79 Å². The normalized spacial score (nSPS) is 12.6. The largest absolute Gasteiger partial charge is 0.383 e. The van der Waals surface area contributed by atoms with Gasteiger partial charge in [0.2, 0.25) is 10.0 Å². The van der Waals surface area contributed by atoms with Crippen LogP contribution in [0.5, 0.6) is 0 Å². The minimum atomic E-state index is -3.68. The molecule has 0 spiro atoms. The van der Waals surface area contributed by atoms with Crippen molar-refractivity contribution in [2.75, 3.05) is 20.3 Å². The number of hydrogen-bond donors (Lipinski definition) is 2. The molecule has 0 fully saturated rings. The monoisotopic (exact) mass is 394 g/mol. The third-order valence-corrected chi connectivity index (χ3v) is 5.39. The molecule has 146 valence electrons. The maximum Gasteiger partial charge on any atom is 0.251 e. The second-order valence-corrected chi connectivity index (χ2v) is 7.85. The molecule has 0 bridgehead atoms. The lowest BCUT2D eigenvalue weighted by atomic mass is 10.1. The summed E-state index contributed by atoms with van der Waals surface area (Å²) in [5, 5.41) is 2.73. The Morgan fingerprint density at radius 1 is 1.19 bits per heavy atom. The Bertz CT molecular complexity index is 870. The van der Waals surface area contributed by atoms with Crippen LogP contribution in [0.3, 0.4) is 0 Å². The van der Waals surface area contributed by atoms with Crippen molar-refractivity contribution in [1.82, 2.24) is 10.0 Å². The Kier molecular flexibility index (Phi) is 7.46. The van der Waals surface area contributed by atoms with Crippen molar-refractivity contribution in [2.24, 2.45) is 0 Å².